The van der Waals surface area contributed by atoms with Gasteiger partial charge in [0.1, 0.15) is 0 Å². The van der Waals surface area contributed by atoms with Crippen molar-refractivity contribution >= 4 is 23.2 Å². The predicted molar refractivity (Wildman–Crippen MR) is 109 cm³/mol. The number of carbonyl (C=O) groups excluding carboxylic acids is 2. The molecule has 1 atom stereocenters. The molecule has 10 heteroatoms. The van der Waals surface area contributed by atoms with E-state index in [1.54, 1.807) is 24.3 Å². The third kappa shape index (κ3) is 3.64. The summed E-state index contributed by atoms with van der Waals surface area (Å²) in [6.45, 7) is 1.95. The van der Waals surface area contributed by atoms with Crippen molar-refractivity contribution in [3.63, 3.8) is 0 Å². The Morgan fingerprint density at radius 1 is 0.875 bits per heavy atom. The Morgan fingerprint density at radius 2 is 1.62 bits per heavy atom. The van der Waals surface area contributed by atoms with Gasteiger partial charge in [-0.1, -0.05) is 6.07 Å². The van der Waals surface area contributed by atoms with Crippen LogP contribution in [0.4, 0.5) is 24.5 Å². The van der Waals surface area contributed by atoms with Crippen LogP contribution in [0.3, 0.4) is 0 Å². The van der Waals surface area contributed by atoms with Crippen LogP contribution in [0.5, 0.6) is 11.5 Å². The number of piperazine rings is 1. The summed E-state index contributed by atoms with van der Waals surface area (Å²) in [5, 5.41) is 0. The van der Waals surface area contributed by atoms with Crippen molar-refractivity contribution in [1.29, 1.82) is 0 Å². The number of fused-ring (bicyclic) bond motifs is 1. The number of hydrogen-bond donors (Lipinski definition) is 0. The highest BCUT2D eigenvalue weighted by Crippen LogP contribution is 2.37. The van der Waals surface area contributed by atoms with Crippen LogP contribution in [0.25, 0.3) is 0 Å². The highest BCUT2D eigenvalue weighted by molar-refractivity contribution is 6.22. The average molecular weight is 447 g/mol. The van der Waals surface area contributed by atoms with Crippen LogP contribution in [0.2, 0.25) is 0 Å². The van der Waals surface area contributed by atoms with Crippen LogP contribution in [0.15, 0.2) is 42.5 Å². The maximum absolute atomic E-state index is 13.1. The lowest BCUT2D eigenvalue weighted by atomic mass is 10.1. The van der Waals surface area contributed by atoms with E-state index < -0.39 is 17.8 Å². The molecule has 5 rings (SSSR count). The summed E-state index contributed by atoms with van der Waals surface area (Å²) in [6.07, 6.45) is -4.33. The fourth-order valence-electron chi connectivity index (χ4n) is 4.37. The smallest absolute Gasteiger partial charge is 0.416 e. The van der Waals surface area contributed by atoms with E-state index in [0.29, 0.717) is 49.1 Å². The van der Waals surface area contributed by atoms with Gasteiger partial charge in [-0.3, -0.25) is 14.5 Å². The molecular weight excluding hydrogens is 427 g/mol. The molecule has 7 nitrogen and oxygen atoms in total. The van der Waals surface area contributed by atoms with Gasteiger partial charge in [0.25, 0.3) is 5.91 Å². The molecule has 2 aromatic rings. The molecule has 0 radical (unpaired) electrons. The highest BCUT2D eigenvalue weighted by Gasteiger charge is 2.43. The molecule has 2 aromatic carbocycles. The van der Waals surface area contributed by atoms with Crippen LogP contribution in [0.1, 0.15) is 12.0 Å². The van der Waals surface area contributed by atoms with Gasteiger partial charge in [0, 0.05) is 37.9 Å². The lowest BCUT2D eigenvalue weighted by Gasteiger charge is -2.38. The molecule has 0 bridgehead atoms. The molecule has 0 saturated carbocycles. The molecule has 2 fully saturated rings. The molecule has 32 heavy (non-hydrogen) atoms. The van der Waals surface area contributed by atoms with Crippen molar-refractivity contribution in [2.24, 2.45) is 0 Å². The molecule has 3 heterocycles. The molecule has 2 amide bonds. The third-order valence-corrected chi connectivity index (χ3v) is 6.03. The van der Waals surface area contributed by atoms with Gasteiger partial charge in [0.05, 0.1) is 23.7 Å². The van der Waals surface area contributed by atoms with Crippen molar-refractivity contribution in [1.82, 2.24) is 4.90 Å². The van der Waals surface area contributed by atoms with Crippen LogP contribution in [0, 0.1) is 0 Å². The van der Waals surface area contributed by atoms with Gasteiger partial charge in [-0.25, -0.2) is 4.90 Å². The van der Waals surface area contributed by atoms with Crippen molar-refractivity contribution < 1.29 is 32.2 Å². The number of benzene rings is 2. The Morgan fingerprint density at radius 3 is 2.38 bits per heavy atom. The van der Waals surface area contributed by atoms with E-state index in [-0.39, 0.29) is 25.0 Å². The van der Waals surface area contributed by atoms with Crippen molar-refractivity contribution in [2.45, 2.75) is 18.6 Å². The summed E-state index contributed by atoms with van der Waals surface area (Å²) in [7, 11) is 0. The van der Waals surface area contributed by atoms with Gasteiger partial charge in [-0.15, -0.1) is 0 Å². The minimum atomic E-state index is -4.40. The largest absolute Gasteiger partial charge is 0.454 e. The molecule has 3 aliphatic heterocycles. The zero-order chi connectivity index (χ0) is 22.5. The predicted octanol–water partition coefficient (Wildman–Crippen LogP) is 2.89. The second-order valence-electron chi connectivity index (χ2n) is 7.90. The van der Waals surface area contributed by atoms with Crippen LogP contribution in [-0.4, -0.2) is 55.7 Å². The number of halogens is 3. The molecule has 3 aliphatic rings. The van der Waals surface area contributed by atoms with Crippen LogP contribution in [-0.2, 0) is 15.8 Å². The second-order valence-corrected chi connectivity index (χ2v) is 7.90. The van der Waals surface area contributed by atoms with Gasteiger partial charge in [0.2, 0.25) is 12.7 Å². The summed E-state index contributed by atoms with van der Waals surface area (Å²) < 4.78 is 49.7. The molecular formula is C22H20F3N3O4. The molecule has 168 valence electrons. The van der Waals surface area contributed by atoms with Crippen molar-refractivity contribution in [3.8, 4) is 11.5 Å². The Labute approximate surface area is 181 Å². The number of anilines is 2. The Kier molecular flexibility index (Phi) is 4.96. The lowest BCUT2D eigenvalue weighted by Crippen LogP contribution is -2.52. The zero-order valence-electron chi connectivity index (χ0n) is 17.0. The number of nitrogens with zero attached hydrogens (tertiary/aromatic N) is 3. The number of ether oxygens (including phenoxy) is 2. The zero-order valence-corrected chi connectivity index (χ0v) is 17.0. The summed E-state index contributed by atoms with van der Waals surface area (Å²) in [5.74, 6) is 0.455. The van der Waals surface area contributed by atoms with Gasteiger partial charge < -0.3 is 14.4 Å². The van der Waals surface area contributed by atoms with Crippen molar-refractivity contribution in [2.75, 3.05) is 42.8 Å². The average Bonchev–Trinajstić information content (AvgIpc) is 3.36. The summed E-state index contributed by atoms with van der Waals surface area (Å²) >= 11 is 0. The van der Waals surface area contributed by atoms with Gasteiger partial charge in [-0.2, -0.15) is 13.2 Å². The van der Waals surface area contributed by atoms with Crippen molar-refractivity contribution in [3.05, 3.63) is 48.0 Å². The first-order valence-electron chi connectivity index (χ1n) is 10.2. The van der Waals surface area contributed by atoms with E-state index in [4.69, 9.17) is 9.47 Å². The molecule has 0 aromatic heterocycles. The maximum Gasteiger partial charge on any atom is 0.416 e. The van der Waals surface area contributed by atoms with E-state index >= 15 is 0 Å². The summed E-state index contributed by atoms with van der Waals surface area (Å²) in [4.78, 5) is 30.7. The Balaban J connectivity index is 1.26. The molecule has 0 aliphatic carbocycles. The van der Waals surface area contributed by atoms with E-state index in [1.165, 1.54) is 11.0 Å². The quantitative estimate of drug-likeness (QED) is 0.675. The van der Waals surface area contributed by atoms with Gasteiger partial charge >= 0.3 is 6.18 Å². The van der Waals surface area contributed by atoms with E-state index in [9.17, 15) is 22.8 Å². The minimum Gasteiger partial charge on any atom is -0.454 e. The van der Waals surface area contributed by atoms with Crippen LogP contribution >= 0.6 is 0 Å². The maximum atomic E-state index is 13.1. The number of alkyl halides is 3. The van der Waals surface area contributed by atoms with E-state index in [0.717, 1.165) is 12.1 Å². The highest BCUT2D eigenvalue weighted by atomic mass is 19.4. The van der Waals surface area contributed by atoms with E-state index in [1.807, 2.05) is 9.80 Å². The Bertz CT molecular complexity index is 1070. The second kappa shape index (κ2) is 7.70. The van der Waals surface area contributed by atoms with E-state index in [2.05, 4.69) is 0 Å². The van der Waals surface area contributed by atoms with Gasteiger partial charge in [0.15, 0.2) is 11.5 Å². The first-order valence-corrected chi connectivity index (χ1v) is 10.2. The number of rotatable bonds is 3. The fraction of sp³-hybridized carbons (Fsp3) is 0.364. The number of carbonyl (C=O) groups is 2. The molecule has 0 spiro atoms. The number of hydrogen-bond acceptors (Lipinski definition) is 6. The topological polar surface area (TPSA) is 62.3 Å². The normalized spacial score (nSPS) is 21.5. The standard InChI is InChI=1S/C22H20F3N3O4/c23-22(24,25)14-2-1-3-15(10-14)26-6-8-27(9-7-26)17-12-20(29)28(21(17)30)16-4-5-18-19(11-16)32-13-31-18/h1-5,10-11,17H,6-9,12-13H2/t17-/m1/s1. The lowest BCUT2D eigenvalue weighted by molar-refractivity contribution is -0.137. The fourth-order valence-corrected chi connectivity index (χ4v) is 4.37. The monoisotopic (exact) mass is 447 g/mol. The molecule has 0 unspecified atom stereocenters. The Hall–Kier alpha value is -3.27. The summed E-state index contributed by atoms with van der Waals surface area (Å²) in [6, 6.07) is 9.58. The van der Waals surface area contributed by atoms with Crippen LogP contribution < -0.4 is 19.3 Å². The number of amides is 2. The third-order valence-electron chi connectivity index (χ3n) is 6.03. The first-order chi connectivity index (χ1) is 15.3. The summed E-state index contributed by atoms with van der Waals surface area (Å²) in [5.41, 5.74) is 0.248. The molecule has 0 N–H and O–H groups in total. The SMILES string of the molecule is O=C1C[C@@H](N2CCN(c3cccc(C(F)(F)F)c3)CC2)C(=O)N1c1ccc2c(c1)OCO2. The minimum absolute atomic E-state index is 0.0663. The number of imide groups is 1. The first kappa shape index (κ1) is 20.6. The molecule has 2 saturated heterocycles. The van der Waals surface area contributed by atoms with Gasteiger partial charge in [-0.05, 0) is 30.3 Å².